The second-order valence-corrected chi connectivity index (χ2v) is 6.93. The molecular weight excluding hydrogens is 467 g/mol. The number of alkyl halides is 9. The predicted octanol–water partition coefficient (Wildman–Crippen LogP) is 2.06. The highest BCUT2D eigenvalue weighted by molar-refractivity contribution is 5.82. The minimum absolute atomic E-state index is 0.0361. The van der Waals surface area contributed by atoms with Crippen molar-refractivity contribution < 1.29 is 53.9 Å². The van der Waals surface area contributed by atoms with Crippen molar-refractivity contribution in [2.24, 2.45) is 5.73 Å². The highest BCUT2D eigenvalue weighted by Crippen LogP contribution is 2.23. The molecule has 32 heavy (non-hydrogen) atoms. The van der Waals surface area contributed by atoms with Gasteiger partial charge in [-0.05, 0) is 38.5 Å². The molecule has 0 aliphatic rings. The van der Waals surface area contributed by atoms with Gasteiger partial charge in [0, 0.05) is 25.2 Å². The van der Waals surface area contributed by atoms with Gasteiger partial charge >= 0.3 is 36.3 Å². The van der Waals surface area contributed by atoms with Crippen LogP contribution in [0.2, 0.25) is 0 Å². The first-order chi connectivity index (χ1) is 14.4. The third kappa shape index (κ3) is 12.6. The SMILES string of the molecule is NC(CCCNC(=O)C(F)(F)F)(CCCNC(=O)C(F)(F)F)CCCNC(=O)C(F)(F)F. The standard InChI is InChI=1S/C16H23F9N4O3/c17-14(18,19)10(30)27-7-1-4-13(26,5-2-8-28-11(31)15(20,21)22)6-3-9-29-12(32)16(23,24)25/h1-9,26H2,(H,27,30)(H,28,31)(H,29,32). The summed E-state index contributed by atoms with van der Waals surface area (Å²) in [4.78, 5) is 32.3. The number of nitrogens with one attached hydrogen (secondary N) is 3. The van der Waals surface area contributed by atoms with E-state index in [1.165, 1.54) is 0 Å². The van der Waals surface area contributed by atoms with E-state index in [0.717, 1.165) is 0 Å². The Morgan fingerprint density at radius 2 is 0.750 bits per heavy atom. The lowest BCUT2D eigenvalue weighted by Gasteiger charge is -2.30. The van der Waals surface area contributed by atoms with E-state index >= 15 is 0 Å². The van der Waals surface area contributed by atoms with Gasteiger partial charge in [-0.3, -0.25) is 14.4 Å². The Morgan fingerprint density at radius 1 is 0.531 bits per heavy atom. The maximum atomic E-state index is 12.2. The summed E-state index contributed by atoms with van der Waals surface area (Å²) >= 11 is 0. The van der Waals surface area contributed by atoms with Crippen molar-refractivity contribution in [1.82, 2.24) is 16.0 Å². The molecule has 0 bridgehead atoms. The zero-order valence-corrected chi connectivity index (χ0v) is 16.6. The molecule has 0 heterocycles. The highest BCUT2D eigenvalue weighted by atomic mass is 19.4. The summed E-state index contributed by atoms with van der Waals surface area (Å²) in [6, 6.07) is 0. The zero-order valence-electron chi connectivity index (χ0n) is 16.6. The smallest absolute Gasteiger partial charge is 0.348 e. The monoisotopic (exact) mass is 490 g/mol. The lowest BCUT2D eigenvalue weighted by atomic mass is 9.84. The fraction of sp³-hybridized carbons (Fsp3) is 0.812. The first-order valence-electron chi connectivity index (χ1n) is 9.22. The summed E-state index contributed by atoms with van der Waals surface area (Å²) in [7, 11) is 0. The Morgan fingerprint density at radius 3 is 0.938 bits per heavy atom. The fourth-order valence-electron chi connectivity index (χ4n) is 2.60. The number of nitrogens with two attached hydrogens (primary N) is 1. The van der Waals surface area contributed by atoms with Gasteiger partial charge in [0.2, 0.25) is 0 Å². The number of hydrogen-bond acceptors (Lipinski definition) is 4. The van der Waals surface area contributed by atoms with Gasteiger partial charge in [0.25, 0.3) is 0 Å². The van der Waals surface area contributed by atoms with Crippen LogP contribution in [0.4, 0.5) is 39.5 Å². The number of hydrogen-bond donors (Lipinski definition) is 4. The predicted molar refractivity (Wildman–Crippen MR) is 91.8 cm³/mol. The Hall–Kier alpha value is -2.26. The van der Waals surface area contributed by atoms with Gasteiger partial charge in [-0.1, -0.05) is 0 Å². The molecule has 0 saturated heterocycles. The summed E-state index contributed by atoms with van der Waals surface area (Å²) in [5.41, 5.74) is 4.86. The molecule has 5 N–H and O–H groups in total. The molecule has 7 nitrogen and oxygen atoms in total. The van der Waals surface area contributed by atoms with Crippen LogP contribution in [0.15, 0.2) is 0 Å². The maximum Gasteiger partial charge on any atom is 0.471 e. The van der Waals surface area contributed by atoms with E-state index in [-0.39, 0.29) is 38.5 Å². The number of halogens is 9. The summed E-state index contributed by atoms with van der Waals surface area (Å²) in [6.07, 6.45) is -15.6. The number of rotatable bonds is 12. The van der Waals surface area contributed by atoms with Crippen molar-refractivity contribution in [1.29, 1.82) is 0 Å². The van der Waals surface area contributed by atoms with Crippen LogP contribution < -0.4 is 21.7 Å². The minimum atomic E-state index is -5.09. The maximum absolute atomic E-state index is 12.2. The third-order valence-electron chi connectivity index (χ3n) is 4.18. The molecule has 0 unspecified atom stereocenters. The summed E-state index contributed by atoms with van der Waals surface area (Å²) in [6.45, 7) is -1.27. The van der Waals surface area contributed by atoms with Gasteiger partial charge < -0.3 is 21.7 Å². The van der Waals surface area contributed by atoms with Crippen LogP contribution in [0.5, 0.6) is 0 Å². The van der Waals surface area contributed by atoms with Crippen molar-refractivity contribution in [2.45, 2.75) is 62.6 Å². The first-order valence-corrected chi connectivity index (χ1v) is 9.22. The molecule has 0 rings (SSSR count). The summed E-state index contributed by atoms with van der Waals surface area (Å²) < 4.78 is 109. The van der Waals surface area contributed by atoms with Crippen LogP contribution in [-0.4, -0.2) is 61.4 Å². The minimum Gasteiger partial charge on any atom is -0.348 e. The van der Waals surface area contributed by atoms with Crippen molar-refractivity contribution >= 4 is 17.7 Å². The number of amides is 3. The Balaban J connectivity index is 4.69. The molecule has 3 amide bonds. The molecule has 0 saturated carbocycles. The number of carbonyl (C=O) groups excluding carboxylic acids is 3. The lowest BCUT2D eigenvalue weighted by molar-refractivity contribution is -0.173. The first kappa shape index (κ1) is 29.7. The number of carbonyl (C=O) groups is 3. The fourth-order valence-corrected chi connectivity index (χ4v) is 2.60. The molecular formula is C16H23F9N4O3. The highest BCUT2D eigenvalue weighted by Gasteiger charge is 2.40. The van der Waals surface area contributed by atoms with Gasteiger partial charge in [0.1, 0.15) is 0 Å². The van der Waals surface area contributed by atoms with Gasteiger partial charge in [-0.2, -0.15) is 39.5 Å². The van der Waals surface area contributed by atoms with E-state index < -0.39 is 61.4 Å². The van der Waals surface area contributed by atoms with E-state index in [2.05, 4.69) is 0 Å². The Labute approximate surface area is 176 Å². The van der Waals surface area contributed by atoms with Gasteiger partial charge in [0.15, 0.2) is 0 Å². The largest absolute Gasteiger partial charge is 0.471 e. The quantitative estimate of drug-likeness (QED) is 0.248. The summed E-state index contributed by atoms with van der Waals surface area (Å²) in [5, 5.41) is 4.83. The van der Waals surface area contributed by atoms with Crippen molar-refractivity contribution in [3.8, 4) is 0 Å². The van der Waals surface area contributed by atoms with Crippen molar-refractivity contribution in [2.75, 3.05) is 19.6 Å². The molecule has 0 aromatic carbocycles. The van der Waals surface area contributed by atoms with E-state index in [4.69, 9.17) is 5.73 Å². The second kappa shape index (κ2) is 12.1. The van der Waals surface area contributed by atoms with Crippen LogP contribution in [0.3, 0.4) is 0 Å². The summed E-state index contributed by atoms with van der Waals surface area (Å²) in [5.74, 6) is -6.53. The van der Waals surface area contributed by atoms with Crippen molar-refractivity contribution in [3.05, 3.63) is 0 Å². The van der Waals surface area contributed by atoms with E-state index in [0.29, 0.717) is 0 Å². The molecule has 0 spiro atoms. The van der Waals surface area contributed by atoms with E-state index in [9.17, 15) is 53.9 Å². The van der Waals surface area contributed by atoms with Crippen LogP contribution in [0.25, 0.3) is 0 Å². The molecule has 0 aliphatic carbocycles. The van der Waals surface area contributed by atoms with Gasteiger partial charge in [-0.15, -0.1) is 0 Å². The van der Waals surface area contributed by atoms with Gasteiger partial charge in [-0.25, -0.2) is 0 Å². The molecule has 0 aromatic heterocycles. The Kier molecular flexibility index (Phi) is 11.3. The van der Waals surface area contributed by atoms with Crippen LogP contribution in [-0.2, 0) is 14.4 Å². The van der Waals surface area contributed by atoms with E-state index in [1.807, 2.05) is 0 Å². The average molecular weight is 490 g/mol. The third-order valence-corrected chi connectivity index (χ3v) is 4.18. The normalized spacial score (nSPS) is 12.9. The van der Waals surface area contributed by atoms with Crippen LogP contribution in [0.1, 0.15) is 38.5 Å². The van der Waals surface area contributed by atoms with E-state index in [1.54, 1.807) is 16.0 Å². The zero-order chi connectivity index (χ0) is 25.2. The molecule has 188 valence electrons. The van der Waals surface area contributed by atoms with Crippen molar-refractivity contribution in [3.63, 3.8) is 0 Å². The molecule has 0 aromatic rings. The van der Waals surface area contributed by atoms with Gasteiger partial charge in [0.05, 0.1) is 0 Å². The van der Waals surface area contributed by atoms with Crippen LogP contribution >= 0.6 is 0 Å². The second-order valence-electron chi connectivity index (χ2n) is 6.93. The molecule has 0 atom stereocenters. The molecule has 0 radical (unpaired) electrons. The molecule has 16 heteroatoms. The van der Waals surface area contributed by atoms with Crippen LogP contribution in [0, 0.1) is 0 Å². The molecule has 0 aliphatic heterocycles. The molecule has 0 fully saturated rings. The lowest BCUT2D eigenvalue weighted by Crippen LogP contribution is -2.44. The Bertz CT molecular complexity index is 550. The average Bonchev–Trinajstić information content (AvgIpc) is 2.63. The topological polar surface area (TPSA) is 113 Å².